The third-order valence-electron chi connectivity index (χ3n) is 3.30. The molecule has 0 saturated heterocycles. The van der Waals surface area contributed by atoms with Crippen molar-refractivity contribution in [2.45, 2.75) is 11.3 Å². The number of hydrogen-bond donors (Lipinski definition) is 2. The highest BCUT2D eigenvalue weighted by atomic mass is 32.2. The lowest BCUT2D eigenvalue weighted by atomic mass is 10.2. The maximum absolute atomic E-state index is 13.4. The average molecular weight is 482 g/mol. The van der Waals surface area contributed by atoms with Crippen molar-refractivity contribution >= 4 is 32.1 Å². The highest BCUT2D eigenvalue weighted by molar-refractivity contribution is 7.90. The van der Waals surface area contributed by atoms with Crippen molar-refractivity contribution in [1.82, 2.24) is 14.7 Å². The first-order valence-corrected chi connectivity index (χ1v) is 11.3. The number of halogens is 2. The number of alkyl halides is 2. The van der Waals surface area contributed by atoms with E-state index in [1.165, 1.54) is 25.0 Å². The van der Waals surface area contributed by atoms with Crippen LogP contribution in [0.25, 0.3) is 0 Å². The maximum atomic E-state index is 13.4. The van der Waals surface area contributed by atoms with Crippen LogP contribution in [0, 0.1) is 0 Å². The normalized spacial score (nSPS) is 11.7. The van der Waals surface area contributed by atoms with Crippen molar-refractivity contribution in [1.29, 1.82) is 0 Å². The maximum Gasteiger partial charge on any atom is 0.335 e. The molecule has 0 aliphatic rings. The summed E-state index contributed by atoms with van der Waals surface area (Å²) in [4.78, 5) is 18.4. The van der Waals surface area contributed by atoms with Gasteiger partial charge in [-0.3, -0.25) is 5.32 Å². The van der Waals surface area contributed by atoms with Gasteiger partial charge in [0.1, 0.15) is 4.90 Å². The van der Waals surface area contributed by atoms with Gasteiger partial charge in [0.2, 0.25) is 17.7 Å². The van der Waals surface area contributed by atoms with E-state index in [9.17, 15) is 30.4 Å². The number of carbonyl (C=O) groups excluding carboxylic acids is 1. The van der Waals surface area contributed by atoms with Gasteiger partial charge >= 0.3 is 16.1 Å². The number of nitrogens with zero attached hydrogens (tertiary/aromatic N) is 2. The van der Waals surface area contributed by atoms with Crippen LogP contribution in [0.3, 0.4) is 0 Å². The number of methoxy groups -OCH3 is 2. The lowest BCUT2D eigenvalue weighted by Crippen LogP contribution is -2.35. The van der Waals surface area contributed by atoms with Gasteiger partial charge in [0, 0.05) is 5.56 Å². The van der Waals surface area contributed by atoms with Crippen LogP contribution in [-0.4, -0.2) is 53.3 Å². The van der Waals surface area contributed by atoms with Crippen LogP contribution in [0.1, 0.15) is 12.0 Å². The molecule has 1 aromatic heterocycles. The summed E-state index contributed by atoms with van der Waals surface area (Å²) in [7, 11) is -6.79. The average Bonchev–Trinajstić information content (AvgIpc) is 2.65. The molecule has 0 aliphatic carbocycles. The van der Waals surface area contributed by atoms with Gasteiger partial charge in [0.15, 0.2) is 5.75 Å². The molecule has 0 bridgehead atoms. The zero-order valence-corrected chi connectivity index (χ0v) is 17.8. The summed E-state index contributed by atoms with van der Waals surface area (Å²) in [6, 6.07) is 2.38. The quantitative estimate of drug-likeness (QED) is 0.524. The molecule has 0 aliphatic heterocycles. The number of carbonyl (C=O) groups is 1. The number of aromatic nitrogens is 2. The van der Waals surface area contributed by atoms with Crippen molar-refractivity contribution in [3.63, 3.8) is 0 Å². The van der Waals surface area contributed by atoms with Crippen LogP contribution in [-0.2, 0) is 20.1 Å². The Bertz CT molecular complexity index is 1170. The van der Waals surface area contributed by atoms with Crippen LogP contribution < -0.4 is 23.7 Å². The molecule has 0 saturated carbocycles. The van der Waals surface area contributed by atoms with Gasteiger partial charge in [-0.25, -0.2) is 26.7 Å². The molecule has 2 amide bonds. The van der Waals surface area contributed by atoms with E-state index in [0.717, 1.165) is 18.2 Å². The van der Waals surface area contributed by atoms with Crippen LogP contribution in [0.5, 0.6) is 17.5 Å². The van der Waals surface area contributed by atoms with Crippen LogP contribution in [0.2, 0.25) is 0 Å². The molecule has 1 heterocycles. The second-order valence-corrected chi connectivity index (χ2v) is 8.79. The Morgan fingerprint density at radius 2 is 1.65 bits per heavy atom. The molecule has 0 unspecified atom stereocenters. The minimum atomic E-state index is -5.04. The number of ether oxygens (including phenoxy) is 2. The summed E-state index contributed by atoms with van der Waals surface area (Å²) in [6.07, 6.45) is -2.74. The third kappa shape index (κ3) is 6.35. The number of nitrogens with one attached hydrogen (secondary N) is 2. The zero-order valence-electron chi connectivity index (χ0n) is 16.1. The highest BCUT2D eigenvalue weighted by Gasteiger charge is 2.31. The molecule has 170 valence electrons. The van der Waals surface area contributed by atoms with Gasteiger partial charge in [-0.15, -0.1) is 0 Å². The van der Waals surface area contributed by atoms with Gasteiger partial charge < -0.3 is 13.7 Å². The van der Waals surface area contributed by atoms with E-state index in [0.29, 0.717) is 6.26 Å². The SMILES string of the molecule is COc1cc(OC)nc(NC(=O)NS(=O)(=O)c2c(OS(C)(=O)=O)cccc2C(F)F)n1. The highest BCUT2D eigenvalue weighted by Crippen LogP contribution is 2.34. The molecule has 2 N–H and O–H groups in total. The Balaban J connectivity index is 2.41. The number of hydrogen-bond acceptors (Lipinski definition) is 10. The Labute approximate surface area is 175 Å². The van der Waals surface area contributed by atoms with E-state index in [2.05, 4.69) is 14.2 Å². The molecule has 16 heteroatoms. The van der Waals surface area contributed by atoms with Gasteiger partial charge in [-0.2, -0.15) is 18.4 Å². The van der Waals surface area contributed by atoms with Crippen LogP contribution in [0.4, 0.5) is 19.5 Å². The predicted octanol–water partition coefficient (Wildman–Crippen LogP) is 1.28. The molecule has 1 aromatic carbocycles. The number of amides is 2. The molecule has 2 aromatic rings. The van der Waals surface area contributed by atoms with E-state index in [1.807, 2.05) is 5.32 Å². The fraction of sp³-hybridized carbons (Fsp3) is 0.267. The second-order valence-electron chi connectivity index (χ2n) is 5.60. The van der Waals surface area contributed by atoms with Gasteiger partial charge in [-0.05, 0) is 6.07 Å². The minimum absolute atomic E-state index is 0.0307. The molecule has 0 radical (unpaired) electrons. The van der Waals surface area contributed by atoms with E-state index in [4.69, 9.17) is 9.47 Å². The summed E-state index contributed by atoms with van der Waals surface area (Å²) in [5, 5.41) is 1.98. The van der Waals surface area contributed by atoms with Gasteiger partial charge in [-0.1, -0.05) is 12.1 Å². The number of sulfonamides is 1. The number of benzene rings is 1. The van der Waals surface area contributed by atoms with E-state index >= 15 is 0 Å². The summed E-state index contributed by atoms with van der Waals surface area (Å²) >= 11 is 0. The summed E-state index contributed by atoms with van der Waals surface area (Å²) in [6.45, 7) is 0. The predicted molar refractivity (Wildman–Crippen MR) is 101 cm³/mol. The molecule has 12 nitrogen and oxygen atoms in total. The molecule has 2 rings (SSSR count). The van der Waals surface area contributed by atoms with Crippen LogP contribution >= 0.6 is 0 Å². The van der Waals surface area contributed by atoms with Crippen molar-refractivity contribution in [2.24, 2.45) is 0 Å². The topological polar surface area (TPSA) is 163 Å². The van der Waals surface area contributed by atoms with Crippen molar-refractivity contribution in [3.8, 4) is 17.5 Å². The van der Waals surface area contributed by atoms with Gasteiger partial charge in [0.25, 0.3) is 16.4 Å². The van der Waals surface area contributed by atoms with Gasteiger partial charge in [0.05, 0.1) is 26.5 Å². The molecular formula is C15H16F2N4O8S2. The van der Waals surface area contributed by atoms with Crippen molar-refractivity contribution < 1.29 is 44.1 Å². The zero-order chi connectivity index (χ0) is 23.4. The number of anilines is 1. The molecule has 31 heavy (non-hydrogen) atoms. The molecule has 0 fully saturated rings. The molecule has 0 spiro atoms. The first-order chi connectivity index (χ1) is 14.4. The Morgan fingerprint density at radius 3 is 2.13 bits per heavy atom. The number of urea groups is 1. The molecular weight excluding hydrogens is 466 g/mol. The molecule has 0 atom stereocenters. The first-order valence-electron chi connectivity index (χ1n) is 7.97. The van der Waals surface area contributed by atoms with E-state index < -0.39 is 54.8 Å². The lowest BCUT2D eigenvalue weighted by molar-refractivity contribution is 0.147. The fourth-order valence-electron chi connectivity index (χ4n) is 2.19. The summed E-state index contributed by atoms with van der Waals surface area (Å²) in [5.74, 6) is -1.41. The summed E-state index contributed by atoms with van der Waals surface area (Å²) in [5.41, 5.74) is -1.08. The number of rotatable bonds is 8. The lowest BCUT2D eigenvalue weighted by Gasteiger charge is -2.15. The first kappa shape index (κ1) is 24.0. The smallest absolute Gasteiger partial charge is 0.335 e. The third-order valence-corrected chi connectivity index (χ3v) is 5.21. The Kier molecular flexibility index (Phi) is 7.17. The largest absolute Gasteiger partial charge is 0.481 e. The summed E-state index contributed by atoms with van der Waals surface area (Å²) < 4.78 is 90.6. The second kappa shape index (κ2) is 9.25. The minimum Gasteiger partial charge on any atom is -0.481 e. The fourth-order valence-corrected chi connectivity index (χ4v) is 3.95. The van der Waals surface area contributed by atoms with Crippen molar-refractivity contribution in [3.05, 3.63) is 29.8 Å². The Morgan fingerprint density at radius 1 is 1.06 bits per heavy atom. The van der Waals surface area contributed by atoms with E-state index in [1.54, 1.807) is 0 Å². The Hall–Kier alpha value is -3.27. The van der Waals surface area contributed by atoms with Crippen molar-refractivity contribution in [2.75, 3.05) is 25.8 Å². The monoisotopic (exact) mass is 482 g/mol. The standard InChI is InChI=1S/C15H16F2N4O8S2/c1-27-10-7-11(28-2)19-14(18-10)20-15(22)21-31(25,26)12-8(13(16)17)5-4-6-9(12)29-30(3,23)24/h4-7,13H,1-3H3,(H2,18,19,20,21,22). The van der Waals surface area contributed by atoms with Crippen LogP contribution in [0.15, 0.2) is 29.2 Å². The van der Waals surface area contributed by atoms with E-state index in [-0.39, 0.29) is 11.8 Å².